The Kier molecular flexibility index (Phi) is 9.59. The van der Waals surface area contributed by atoms with Crippen LogP contribution in [0.1, 0.15) is 27.7 Å². The number of rotatable bonds is 9. The molecule has 0 bridgehead atoms. The molecular formula is C23H35IN4S. The van der Waals surface area contributed by atoms with Crippen LogP contribution in [0.3, 0.4) is 0 Å². The zero-order valence-electron chi connectivity index (χ0n) is 18.4. The van der Waals surface area contributed by atoms with Crippen LogP contribution < -0.4 is 39.1 Å². The van der Waals surface area contributed by atoms with E-state index < -0.39 is 0 Å². The molecule has 3 rings (SSSR count). The Bertz CT molecular complexity index is 790. The Labute approximate surface area is 198 Å². The van der Waals surface area contributed by atoms with Gasteiger partial charge < -0.3 is 38.7 Å². The van der Waals surface area contributed by atoms with Gasteiger partial charge in [-0.1, -0.05) is 25.6 Å². The van der Waals surface area contributed by atoms with Gasteiger partial charge in [-0.25, -0.2) is 0 Å². The lowest BCUT2D eigenvalue weighted by atomic mass is 10.2. The summed E-state index contributed by atoms with van der Waals surface area (Å²) in [5, 5.41) is 2.33. The van der Waals surface area contributed by atoms with Crippen LogP contribution in [-0.4, -0.2) is 51.2 Å². The van der Waals surface area contributed by atoms with Gasteiger partial charge in [-0.2, -0.15) is 0 Å². The molecule has 29 heavy (non-hydrogen) atoms. The number of quaternary nitrogens is 1. The standard InChI is InChI=1S/C23H34N4S.HI/c1-6-26(7-2)15-14-25(5)18-10-12-20-22(16-18)28-23-17-19(27(8-3)9-4)11-13-21(23)24-20;/h10-13,16-17,24H,6-9,14-15H2,1-5H3;1H. The largest absolute Gasteiger partial charge is 1.00 e. The zero-order valence-corrected chi connectivity index (χ0v) is 21.4. The van der Waals surface area contributed by atoms with Crippen LogP contribution in [0.15, 0.2) is 46.2 Å². The molecule has 0 saturated carbocycles. The quantitative estimate of drug-likeness (QED) is 0.336. The van der Waals surface area contributed by atoms with Crippen molar-refractivity contribution in [2.75, 3.05) is 56.1 Å². The molecule has 1 aliphatic heterocycles. The zero-order chi connectivity index (χ0) is 20.1. The molecule has 0 aliphatic carbocycles. The van der Waals surface area contributed by atoms with Crippen molar-refractivity contribution >= 4 is 34.5 Å². The summed E-state index contributed by atoms with van der Waals surface area (Å²) in [6.07, 6.45) is 0. The Hall–Kier alpha value is -0.960. The van der Waals surface area contributed by atoms with Gasteiger partial charge in [-0.3, -0.25) is 5.32 Å². The second-order valence-corrected chi connectivity index (χ2v) is 8.40. The first kappa shape index (κ1) is 24.3. The second kappa shape index (κ2) is 11.4. The van der Waals surface area contributed by atoms with E-state index in [1.165, 1.54) is 32.5 Å². The Morgan fingerprint density at radius 1 is 0.759 bits per heavy atom. The smallest absolute Gasteiger partial charge is 0.148 e. The van der Waals surface area contributed by atoms with Crippen molar-refractivity contribution in [3.8, 4) is 0 Å². The van der Waals surface area contributed by atoms with Crippen molar-refractivity contribution in [2.45, 2.75) is 37.5 Å². The molecule has 1 aliphatic rings. The van der Waals surface area contributed by atoms with Gasteiger partial charge >= 0.3 is 0 Å². The molecule has 0 amide bonds. The van der Waals surface area contributed by atoms with Crippen LogP contribution in [0, 0.1) is 0 Å². The summed E-state index contributed by atoms with van der Waals surface area (Å²) in [4.78, 5) is 9.98. The monoisotopic (exact) mass is 526 g/mol. The van der Waals surface area contributed by atoms with Crippen LogP contribution in [-0.2, 0) is 0 Å². The number of halogens is 1. The summed E-state index contributed by atoms with van der Waals surface area (Å²) in [5.74, 6) is 0. The molecule has 0 unspecified atom stereocenters. The minimum atomic E-state index is 0. The molecule has 6 heteroatoms. The first-order chi connectivity index (χ1) is 13.6. The highest BCUT2D eigenvalue weighted by molar-refractivity contribution is 7.99. The van der Waals surface area contributed by atoms with E-state index in [0.29, 0.717) is 0 Å². The van der Waals surface area contributed by atoms with Crippen molar-refractivity contribution in [3.05, 3.63) is 36.4 Å². The molecule has 0 radical (unpaired) electrons. The maximum atomic E-state index is 2.47. The van der Waals surface area contributed by atoms with E-state index in [9.17, 15) is 0 Å². The van der Waals surface area contributed by atoms with Crippen LogP contribution in [0.4, 0.5) is 22.7 Å². The third kappa shape index (κ3) is 5.81. The minimum absolute atomic E-state index is 0. The van der Waals surface area contributed by atoms with Gasteiger partial charge in [0.15, 0.2) is 0 Å². The van der Waals surface area contributed by atoms with Gasteiger partial charge in [0.25, 0.3) is 0 Å². The molecule has 0 fully saturated rings. The van der Waals surface area contributed by atoms with Crippen LogP contribution in [0.5, 0.6) is 0 Å². The second-order valence-electron chi connectivity index (χ2n) is 7.31. The van der Waals surface area contributed by atoms with Gasteiger partial charge in [0, 0.05) is 56.7 Å². The fourth-order valence-corrected chi connectivity index (χ4v) is 4.82. The first-order valence-corrected chi connectivity index (χ1v) is 11.4. The van der Waals surface area contributed by atoms with Crippen molar-refractivity contribution in [1.82, 2.24) is 4.90 Å². The topological polar surface area (TPSA) is 26.3 Å². The van der Waals surface area contributed by atoms with Crippen molar-refractivity contribution in [1.29, 1.82) is 0 Å². The summed E-state index contributed by atoms with van der Waals surface area (Å²) < 4.78 is 0. The molecule has 0 aromatic heterocycles. The average Bonchev–Trinajstić information content (AvgIpc) is 2.73. The fourth-order valence-electron chi connectivity index (χ4n) is 3.73. The van der Waals surface area contributed by atoms with Crippen molar-refractivity contribution < 1.29 is 29.3 Å². The molecule has 0 saturated heterocycles. The lowest BCUT2D eigenvalue weighted by molar-refractivity contribution is -0.485. The Morgan fingerprint density at radius 2 is 1.31 bits per heavy atom. The van der Waals surface area contributed by atoms with Crippen LogP contribution >= 0.6 is 11.8 Å². The van der Waals surface area contributed by atoms with Gasteiger partial charge in [-0.15, -0.1) is 0 Å². The van der Waals surface area contributed by atoms with Crippen molar-refractivity contribution in [2.24, 2.45) is 0 Å². The van der Waals surface area contributed by atoms with Crippen LogP contribution in [0.25, 0.3) is 0 Å². The van der Waals surface area contributed by atoms with E-state index >= 15 is 0 Å². The van der Waals surface area contributed by atoms with E-state index in [1.807, 2.05) is 11.8 Å². The lowest BCUT2D eigenvalue weighted by Crippen LogP contribution is -3.00. The molecule has 4 nitrogen and oxygen atoms in total. The third-order valence-corrected chi connectivity index (χ3v) is 6.89. The summed E-state index contributed by atoms with van der Waals surface area (Å²) in [5.41, 5.74) is 5.28. The summed E-state index contributed by atoms with van der Waals surface area (Å²) in [7, 11) is 2.20. The Balaban J connectivity index is 0.00000300. The molecule has 160 valence electrons. The van der Waals surface area contributed by atoms with Gasteiger partial charge in [0.1, 0.15) is 11.4 Å². The summed E-state index contributed by atoms with van der Waals surface area (Å²) in [6, 6.07) is 13.8. The molecule has 2 N–H and O–H groups in total. The third-order valence-electron chi connectivity index (χ3n) is 5.74. The van der Waals surface area contributed by atoms with E-state index in [1.54, 1.807) is 0 Å². The molecule has 2 aromatic carbocycles. The van der Waals surface area contributed by atoms with Gasteiger partial charge in [0.2, 0.25) is 0 Å². The normalized spacial score (nSPS) is 12.2. The molecule has 1 heterocycles. The van der Waals surface area contributed by atoms with E-state index in [-0.39, 0.29) is 24.0 Å². The maximum Gasteiger partial charge on any atom is 0.148 e. The van der Waals surface area contributed by atoms with E-state index in [4.69, 9.17) is 0 Å². The lowest BCUT2D eigenvalue weighted by Gasteiger charge is -2.26. The van der Waals surface area contributed by atoms with Gasteiger partial charge in [-0.05, 0) is 51.2 Å². The first-order valence-electron chi connectivity index (χ1n) is 10.6. The minimum Gasteiger partial charge on any atom is -1.00 e. The number of likely N-dealkylation sites (N-methyl/N-ethyl adjacent to an activating group) is 2. The molecule has 0 spiro atoms. The summed E-state index contributed by atoms with van der Waals surface area (Å²) >= 11 is 1.91. The number of nitrogens with zero attached hydrogens (tertiary/aromatic N) is 3. The number of hydrogen-bond acceptors (Lipinski definition) is 4. The Morgan fingerprint density at radius 3 is 1.86 bits per heavy atom. The van der Waals surface area contributed by atoms with Crippen LogP contribution in [0.2, 0.25) is 0 Å². The fraction of sp³-hybridized carbons (Fsp3) is 0.478. The number of benzene rings is 2. The van der Waals surface area contributed by atoms with Gasteiger partial charge in [0.05, 0.1) is 9.79 Å². The number of nitrogens with two attached hydrogens (primary N) is 1. The predicted molar refractivity (Wildman–Crippen MR) is 123 cm³/mol. The van der Waals surface area contributed by atoms with E-state index in [0.717, 1.165) is 39.3 Å². The number of fused-ring (bicyclic) bond motifs is 2. The maximum absolute atomic E-state index is 2.47. The molecular weight excluding hydrogens is 491 g/mol. The number of anilines is 2. The molecule has 2 aromatic rings. The highest BCUT2D eigenvalue weighted by Gasteiger charge is 2.22. The SMILES string of the molecule is CCN(CC)CCN(C)c1ccc2c(c1)Sc1cc(N(CC)CC)ccc1[NH2+]2.[I-]. The summed E-state index contributed by atoms with van der Waals surface area (Å²) in [6.45, 7) is 15.4. The highest BCUT2D eigenvalue weighted by Crippen LogP contribution is 2.41. The predicted octanol–water partition coefficient (Wildman–Crippen LogP) is 1.31. The highest BCUT2D eigenvalue weighted by atomic mass is 127. The van der Waals surface area contributed by atoms with E-state index in [2.05, 4.69) is 91.2 Å². The molecule has 0 atom stereocenters. The number of hydrogen-bond donors (Lipinski definition) is 1. The van der Waals surface area contributed by atoms with Crippen molar-refractivity contribution in [3.63, 3.8) is 0 Å². The average molecular weight is 527 g/mol.